The Morgan fingerprint density at radius 1 is 1.29 bits per heavy atom. The summed E-state index contributed by atoms with van der Waals surface area (Å²) in [5, 5.41) is 6.25. The lowest BCUT2D eigenvalue weighted by Gasteiger charge is -2.13. The Bertz CT molecular complexity index is 1070. The summed E-state index contributed by atoms with van der Waals surface area (Å²) >= 11 is 5.63. The van der Waals surface area contributed by atoms with Crippen LogP contribution < -0.4 is 10.6 Å². The predicted molar refractivity (Wildman–Crippen MR) is 100 cm³/mol. The second kappa shape index (κ2) is 6.70. The first-order valence-corrected chi connectivity index (χ1v) is 9.09. The number of rotatable bonds is 5. The summed E-state index contributed by atoms with van der Waals surface area (Å²) in [7, 11) is 0. The van der Waals surface area contributed by atoms with Crippen LogP contribution in [0.5, 0.6) is 0 Å². The van der Waals surface area contributed by atoms with Crippen LogP contribution in [0.2, 0.25) is 5.02 Å². The van der Waals surface area contributed by atoms with Gasteiger partial charge in [-0.1, -0.05) is 11.6 Å². The van der Waals surface area contributed by atoms with Gasteiger partial charge in [-0.15, -0.1) is 0 Å². The van der Waals surface area contributed by atoms with Gasteiger partial charge in [0.2, 0.25) is 5.71 Å². The molecule has 9 heteroatoms. The van der Waals surface area contributed by atoms with Gasteiger partial charge in [0.1, 0.15) is 29.5 Å². The summed E-state index contributed by atoms with van der Waals surface area (Å²) in [4.78, 5) is 21.1. The van der Waals surface area contributed by atoms with E-state index in [4.69, 9.17) is 16.0 Å². The zero-order chi connectivity index (χ0) is 20.1. The molecule has 0 spiro atoms. The van der Waals surface area contributed by atoms with Gasteiger partial charge in [-0.3, -0.25) is 4.79 Å². The van der Waals surface area contributed by atoms with Crippen LogP contribution in [0, 0.1) is 18.6 Å². The lowest BCUT2D eigenvalue weighted by atomic mass is 10.1. The Labute approximate surface area is 164 Å². The fourth-order valence-electron chi connectivity index (χ4n) is 3.01. The van der Waals surface area contributed by atoms with E-state index in [9.17, 15) is 13.6 Å². The minimum atomic E-state index is -0.827. The van der Waals surface area contributed by atoms with Gasteiger partial charge in [-0.25, -0.2) is 18.7 Å². The van der Waals surface area contributed by atoms with Crippen LogP contribution in [0.1, 0.15) is 41.4 Å². The van der Waals surface area contributed by atoms with Crippen molar-refractivity contribution in [1.82, 2.24) is 15.3 Å². The number of amides is 1. The van der Waals surface area contributed by atoms with Crippen LogP contribution >= 0.6 is 11.6 Å². The van der Waals surface area contributed by atoms with Crippen molar-refractivity contribution in [2.45, 2.75) is 38.8 Å². The summed E-state index contributed by atoms with van der Waals surface area (Å²) in [6.45, 7) is 3.34. The number of hydrogen-bond donors (Lipinski definition) is 2. The standard InChI is InChI=1S/C19H17ClF2N4O2/c1-9-14(17(27)23-7-11-12(21)5-10(20)6-13(11)22)15-16(26-19(2)3-4-19)24-8-25-18(15)28-9/h5-6,8H,3-4,7H2,1-2H3,(H,23,27)(H,24,25,26). The molecule has 1 aliphatic rings. The molecule has 0 aliphatic heterocycles. The highest BCUT2D eigenvalue weighted by atomic mass is 35.5. The van der Waals surface area contributed by atoms with Crippen molar-refractivity contribution in [3.8, 4) is 0 Å². The minimum absolute atomic E-state index is 0.0526. The highest BCUT2D eigenvalue weighted by Crippen LogP contribution is 2.40. The number of carbonyl (C=O) groups excluding carboxylic acids is 1. The van der Waals surface area contributed by atoms with Crippen LogP contribution in [0.15, 0.2) is 22.9 Å². The third-order valence-corrected chi connectivity index (χ3v) is 5.06. The molecule has 0 atom stereocenters. The maximum absolute atomic E-state index is 14.0. The van der Waals surface area contributed by atoms with E-state index >= 15 is 0 Å². The Kier molecular flexibility index (Phi) is 4.45. The molecule has 3 aromatic rings. The number of halogens is 3. The van der Waals surface area contributed by atoms with E-state index in [-0.39, 0.29) is 33.9 Å². The maximum atomic E-state index is 14.0. The van der Waals surface area contributed by atoms with Crippen LogP contribution in [0.25, 0.3) is 11.1 Å². The third-order valence-electron chi connectivity index (χ3n) is 4.84. The number of aryl methyl sites for hydroxylation is 1. The molecule has 0 saturated heterocycles. The first-order chi connectivity index (χ1) is 13.3. The summed E-state index contributed by atoms with van der Waals surface area (Å²) in [6.07, 6.45) is 3.34. The largest absolute Gasteiger partial charge is 0.442 e. The van der Waals surface area contributed by atoms with E-state index in [0.29, 0.717) is 17.0 Å². The normalized spacial score (nSPS) is 14.9. The lowest BCUT2D eigenvalue weighted by Crippen LogP contribution is -2.25. The van der Waals surface area contributed by atoms with E-state index in [1.807, 2.05) is 0 Å². The van der Waals surface area contributed by atoms with Gasteiger partial charge in [0.15, 0.2) is 0 Å². The van der Waals surface area contributed by atoms with Crippen molar-refractivity contribution in [2.75, 3.05) is 5.32 Å². The Morgan fingerprint density at radius 2 is 1.96 bits per heavy atom. The number of benzene rings is 1. The number of anilines is 1. The van der Waals surface area contributed by atoms with Crippen molar-refractivity contribution in [1.29, 1.82) is 0 Å². The van der Waals surface area contributed by atoms with Gasteiger partial charge in [0.05, 0.1) is 10.9 Å². The molecule has 146 valence electrons. The van der Waals surface area contributed by atoms with Crippen LogP contribution in [-0.2, 0) is 6.54 Å². The zero-order valence-electron chi connectivity index (χ0n) is 15.2. The second-order valence-electron chi connectivity index (χ2n) is 7.15. The summed E-state index contributed by atoms with van der Waals surface area (Å²) < 4.78 is 33.5. The van der Waals surface area contributed by atoms with Crippen molar-refractivity contribution in [2.24, 2.45) is 0 Å². The Morgan fingerprint density at radius 3 is 2.61 bits per heavy atom. The molecular formula is C19H17ClF2N4O2. The minimum Gasteiger partial charge on any atom is -0.442 e. The summed E-state index contributed by atoms with van der Waals surface area (Å²) in [6, 6.07) is 1.99. The van der Waals surface area contributed by atoms with Crippen molar-refractivity contribution in [3.63, 3.8) is 0 Å². The highest BCUT2D eigenvalue weighted by Gasteiger charge is 2.38. The number of nitrogens with one attached hydrogen (secondary N) is 2. The molecular weight excluding hydrogens is 390 g/mol. The van der Waals surface area contributed by atoms with E-state index < -0.39 is 17.5 Å². The van der Waals surface area contributed by atoms with Crippen LogP contribution in [0.4, 0.5) is 14.6 Å². The fourth-order valence-corrected chi connectivity index (χ4v) is 3.20. The average molecular weight is 407 g/mol. The monoisotopic (exact) mass is 406 g/mol. The fraction of sp³-hybridized carbons (Fsp3) is 0.316. The van der Waals surface area contributed by atoms with Gasteiger partial charge in [-0.2, -0.15) is 0 Å². The second-order valence-corrected chi connectivity index (χ2v) is 7.59. The summed E-state index contributed by atoms with van der Waals surface area (Å²) in [5.74, 6) is -1.36. The number of nitrogens with zero attached hydrogens (tertiary/aromatic N) is 2. The molecule has 6 nitrogen and oxygen atoms in total. The maximum Gasteiger partial charge on any atom is 0.255 e. The molecule has 1 aliphatic carbocycles. The van der Waals surface area contributed by atoms with Gasteiger partial charge < -0.3 is 15.1 Å². The topological polar surface area (TPSA) is 80.1 Å². The van der Waals surface area contributed by atoms with Gasteiger partial charge in [0.25, 0.3) is 5.91 Å². The molecule has 2 heterocycles. The number of furan rings is 1. The van der Waals surface area contributed by atoms with E-state index in [0.717, 1.165) is 25.0 Å². The quantitative estimate of drug-likeness (QED) is 0.658. The molecule has 0 bridgehead atoms. The van der Waals surface area contributed by atoms with Crippen molar-refractivity contribution < 1.29 is 18.0 Å². The number of hydrogen-bond acceptors (Lipinski definition) is 5. The molecule has 0 radical (unpaired) electrons. The molecule has 1 aromatic carbocycles. The van der Waals surface area contributed by atoms with Gasteiger partial charge in [0, 0.05) is 22.7 Å². The highest BCUT2D eigenvalue weighted by molar-refractivity contribution is 6.30. The predicted octanol–water partition coefficient (Wildman–Crippen LogP) is 4.36. The zero-order valence-corrected chi connectivity index (χ0v) is 16.0. The summed E-state index contributed by atoms with van der Waals surface area (Å²) in [5.41, 5.74) is 0.157. The van der Waals surface area contributed by atoms with Crippen LogP contribution in [-0.4, -0.2) is 21.4 Å². The molecule has 28 heavy (non-hydrogen) atoms. The average Bonchev–Trinajstić information content (AvgIpc) is 3.22. The number of carbonyl (C=O) groups is 1. The molecule has 2 N–H and O–H groups in total. The Hall–Kier alpha value is -2.74. The third kappa shape index (κ3) is 3.40. The number of aromatic nitrogens is 2. The lowest BCUT2D eigenvalue weighted by molar-refractivity contribution is 0.0950. The molecule has 4 rings (SSSR count). The molecule has 1 amide bonds. The molecule has 0 unspecified atom stereocenters. The van der Waals surface area contributed by atoms with Crippen molar-refractivity contribution in [3.05, 3.63) is 52.0 Å². The van der Waals surface area contributed by atoms with E-state index in [2.05, 4.69) is 27.5 Å². The molecule has 1 fully saturated rings. The SMILES string of the molecule is Cc1oc2ncnc(NC3(C)CC3)c2c1C(=O)NCc1c(F)cc(Cl)cc1F. The number of fused-ring (bicyclic) bond motifs is 1. The van der Waals surface area contributed by atoms with Gasteiger partial charge >= 0.3 is 0 Å². The smallest absolute Gasteiger partial charge is 0.255 e. The van der Waals surface area contributed by atoms with Gasteiger partial charge in [-0.05, 0) is 38.8 Å². The first-order valence-electron chi connectivity index (χ1n) is 8.71. The molecule has 1 saturated carbocycles. The van der Waals surface area contributed by atoms with Crippen molar-refractivity contribution >= 4 is 34.4 Å². The van der Waals surface area contributed by atoms with E-state index in [1.54, 1.807) is 6.92 Å². The van der Waals surface area contributed by atoms with Crippen LogP contribution in [0.3, 0.4) is 0 Å². The van der Waals surface area contributed by atoms with E-state index in [1.165, 1.54) is 6.33 Å². The first kappa shape index (κ1) is 18.6. The Balaban J connectivity index is 1.65. The molecule has 2 aromatic heterocycles.